The highest BCUT2D eigenvalue weighted by Crippen LogP contribution is 2.41. The van der Waals surface area contributed by atoms with Crippen molar-refractivity contribution in [3.8, 4) is 0 Å². The van der Waals surface area contributed by atoms with Gasteiger partial charge in [-0.25, -0.2) is 0 Å². The molecule has 0 bridgehead atoms. The average Bonchev–Trinajstić information content (AvgIpc) is 2.43. The molecule has 0 fully saturated rings. The zero-order valence-corrected chi connectivity index (χ0v) is 10.1. The average molecular weight is 218 g/mol. The summed E-state index contributed by atoms with van der Waals surface area (Å²) in [6.07, 6.45) is 0.689. The van der Waals surface area contributed by atoms with Gasteiger partial charge in [-0.05, 0) is 44.9 Å². The second-order valence-electron chi connectivity index (χ2n) is 4.83. The van der Waals surface area contributed by atoms with E-state index in [1.807, 2.05) is 13.8 Å². The maximum absolute atomic E-state index is 12.0. The van der Waals surface area contributed by atoms with E-state index >= 15 is 0 Å². The number of aryl methyl sites for hydroxylation is 2. The number of hydrogen-bond acceptors (Lipinski definition) is 2. The first-order valence-electron chi connectivity index (χ1n) is 5.62. The minimum Gasteiger partial charge on any atom is -0.330 e. The molecule has 3 heteroatoms. The molecule has 1 aliphatic heterocycles. The minimum absolute atomic E-state index is 0.0710. The Balaban J connectivity index is 2.60. The van der Waals surface area contributed by atoms with Crippen molar-refractivity contribution < 1.29 is 4.79 Å². The summed E-state index contributed by atoms with van der Waals surface area (Å²) in [5.41, 5.74) is 9.55. The Bertz CT molecular complexity index is 453. The van der Waals surface area contributed by atoms with Crippen LogP contribution in [0.1, 0.15) is 30.0 Å². The van der Waals surface area contributed by atoms with Gasteiger partial charge >= 0.3 is 0 Å². The van der Waals surface area contributed by atoms with Gasteiger partial charge < -0.3 is 11.1 Å². The maximum Gasteiger partial charge on any atom is 0.234 e. The second kappa shape index (κ2) is 3.59. The summed E-state index contributed by atoms with van der Waals surface area (Å²) in [5.74, 6) is 0.0710. The largest absolute Gasteiger partial charge is 0.330 e. The topological polar surface area (TPSA) is 55.1 Å². The van der Waals surface area contributed by atoms with Gasteiger partial charge in [0.05, 0.1) is 5.41 Å². The highest BCUT2D eigenvalue weighted by Gasteiger charge is 2.42. The lowest BCUT2D eigenvalue weighted by Crippen LogP contribution is -2.33. The van der Waals surface area contributed by atoms with E-state index in [2.05, 4.69) is 24.4 Å². The third kappa shape index (κ3) is 1.43. The van der Waals surface area contributed by atoms with E-state index in [1.54, 1.807) is 0 Å². The molecule has 1 aromatic rings. The molecule has 86 valence electrons. The number of rotatable bonds is 2. The number of hydrogen-bond donors (Lipinski definition) is 2. The summed E-state index contributed by atoms with van der Waals surface area (Å²) < 4.78 is 0. The first-order chi connectivity index (χ1) is 7.49. The van der Waals surface area contributed by atoms with E-state index in [-0.39, 0.29) is 5.91 Å². The number of amides is 1. The maximum atomic E-state index is 12.0. The number of anilines is 1. The van der Waals surface area contributed by atoms with E-state index in [1.165, 1.54) is 5.56 Å². The van der Waals surface area contributed by atoms with Crippen LogP contribution in [-0.2, 0) is 10.2 Å². The molecule has 2 rings (SSSR count). The van der Waals surface area contributed by atoms with Crippen LogP contribution in [0.5, 0.6) is 0 Å². The lowest BCUT2D eigenvalue weighted by Gasteiger charge is -2.21. The zero-order chi connectivity index (χ0) is 11.9. The van der Waals surface area contributed by atoms with E-state index in [9.17, 15) is 4.79 Å². The molecule has 16 heavy (non-hydrogen) atoms. The van der Waals surface area contributed by atoms with Crippen LogP contribution in [0.15, 0.2) is 12.1 Å². The van der Waals surface area contributed by atoms with Crippen LogP contribution >= 0.6 is 0 Å². The van der Waals surface area contributed by atoms with Crippen LogP contribution in [0.3, 0.4) is 0 Å². The van der Waals surface area contributed by atoms with Gasteiger partial charge in [0, 0.05) is 5.69 Å². The molecule has 0 aromatic heterocycles. The SMILES string of the molecule is Cc1cc(C)c2c(c1)C(C)(CCN)C(=O)N2. The van der Waals surface area contributed by atoms with Crippen molar-refractivity contribution in [2.24, 2.45) is 5.73 Å². The Kier molecular flexibility index (Phi) is 2.50. The van der Waals surface area contributed by atoms with Crippen molar-refractivity contribution in [2.75, 3.05) is 11.9 Å². The highest BCUT2D eigenvalue weighted by atomic mass is 16.2. The molecule has 0 radical (unpaired) electrons. The lowest BCUT2D eigenvalue weighted by molar-refractivity contribution is -0.120. The number of carbonyl (C=O) groups excluding carboxylic acids is 1. The third-order valence-electron chi connectivity index (χ3n) is 3.46. The number of fused-ring (bicyclic) bond motifs is 1. The predicted octanol–water partition coefficient (Wildman–Crippen LogP) is 1.86. The van der Waals surface area contributed by atoms with Crippen molar-refractivity contribution in [1.82, 2.24) is 0 Å². The Labute approximate surface area is 96.0 Å². The molecular weight excluding hydrogens is 200 g/mol. The van der Waals surface area contributed by atoms with E-state index in [4.69, 9.17) is 5.73 Å². The molecule has 1 aromatic carbocycles. The first kappa shape index (κ1) is 11.1. The smallest absolute Gasteiger partial charge is 0.234 e. The standard InChI is InChI=1S/C13H18N2O/c1-8-6-9(2)11-10(7-8)13(3,4-5-14)12(16)15-11/h6-7H,4-5,14H2,1-3H3,(H,15,16). The predicted molar refractivity (Wildman–Crippen MR) is 65.6 cm³/mol. The number of nitrogens with one attached hydrogen (secondary N) is 1. The van der Waals surface area contributed by atoms with Gasteiger partial charge in [-0.2, -0.15) is 0 Å². The molecule has 0 saturated heterocycles. The minimum atomic E-state index is -0.457. The summed E-state index contributed by atoms with van der Waals surface area (Å²) in [7, 11) is 0. The molecule has 0 aliphatic carbocycles. The fourth-order valence-corrected chi connectivity index (χ4v) is 2.48. The number of benzene rings is 1. The highest BCUT2D eigenvalue weighted by molar-refractivity contribution is 6.06. The third-order valence-corrected chi connectivity index (χ3v) is 3.46. The van der Waals surface area contributed by atoms with E-state index < -0.39 is 5.41 Å². The van der Waals surface area contributed by atoms with Crippen LogP contribution in [0.4, 0.5) is 5.69 Å². The van der Waals surface area contributed by atoms with Crippen LogP contribution in [-0.4, -0.2) is 12.5 Å². The van der Waals surface area contributed by atoms with Gasteiger partial charge in [-0.1, -0.05) is 17.7 Å². The van der Waals surface area contributed by atoms with Crippen molar-refractivity contribution >= 4 is 11.6 Å². The molecule has 1 unspecified atom stereocenters. The first-order valence-corrected chi connectivity index (χ1v) is 5.62. The molecular formula is C13H18N2O. The fraction of sp³-hybridized carbons (Fsp3) is 0.462. The van der Waals surface area contributed by atoms with Crippen LogP contribution < -0.4 is 11.1 Å². The van der Waals surface area contributed by atoms with Gasteiger partial charge in [0.1, 0.15) is 0 Å². The molecule has 0 saturated carbocycles. The van der Waals surface area contributed by atoms with Crippen LogP contribution in [0.2, 0.25) is 0 Å². The zero-order valence-electron chi connectivity index (χ0n) is 10.1. The fourth-order valence-electron chi connectivity index (χ4n) is 2.48. The molecule has 1 aliphatic rings. The lowest BCUT2D eigenvalue weighted by atomic mass is 9.79. The summed E-state index contributed by atoms with van der Waals surface area (Å²) in [5, 5.41) is 2.97. The Morgan fingerprint density at radius 3 is 2.69 bits per heavy atom. The monoisotopic (exact) mass is 218 g/mol. The molecule has 3 N–H and O–H groups in total. The van der Waals surface area contributed by atoms with E-state index in [0.29, 0.717) is 13.0 Å². The van der Waals surface area contributed by atoms with Crippen molar-refractivity contribution in [2.45, 2.75) is 32.6 Å². The molecule has 1 atom stereocenters. The molecule has 1 amide bonds. The van der Waals surface area contributed by atoms with Crippen LogP contribution in [0.25, 0.3) is 0 Å². The molecule has 3 nitrogen and oxygen atoms in total. The number of nitrogens with two attached hydrogens (primary N) is 1. The van der Waals surface area contributed by atoms with E-state index in [0.717, 1.165) is 16.8 Å². The van der Waals surface area contributed by atoms with Gasteiger partial charge in [0.15, 0.2) is 0 Å². The Morgan fingerprint density at radius 2 is 2.06 bits per heavy atom. The van der Waals surface area contributed by atoms with Gasteiger partial charge in [-0.3, -0.25) is 4.79 Å². The summed E-state index contributed by atoms with van der Waals surface area (Å²) in [6.45, 7) is 6.58. The Hall–Kier alpha value is -1.35. The van der Waals surface area contributed by atoms with Gasteiger partial charge in [-0.15, -0.1) is 0 Å². The Morgan fingerprint density at radius 1 is 1.38 bits per heavy atom. The van der Waals surface area contributed by atoms with Gasteiger partial charge in [0.2, 0.25) is 5.91 Å². The van der Waals surface area contributed by atoms with Crippen molar-refractivity contribution in [1.29, 1.82) is 0 Å². The summed E-state index contributed by atoms with van der Waals surface area (Å²) >= 11 is 0. The molecule has 1 heterocycles. The van der Waals surface area contributed by atoms with Crippen molar-refractivity contribution in [3.05, 3.63) is 28.8 Å². The van der Waals surface area contributed by atoms with Crippen molar-refractivity contribution in [3.63, 3.8) is 0 Å². The number of carbonyl (C=O) groups is 1. The second-order valence-corrected chi connectivity index (χ2v) is 4.83. The quantitative estimate of drug-likeness (QED) is 0.796. The normalized spacial score (nSPS) is 23.1. The van der Waals surface area contributed by atoms with Crippen LogP contribution in [0, 0.1) is 13.8 Å². The summed E-state index contributed by atoms with van der Waals surface area (Å²) in [6, 6.07) is 4.18. The molecule has 0 spiro atoms. The summed E-state index contributed by atoms with van der Waals surface area (Å²) in [4.78, 5) is 12.0. The van der Waals surface area contributed by atoms with Gasteiger partial charge in [0.25, 0.3) is 0 Å².